The van der Waals surface area contributed by atoms with E-state index >= 15 is 4.39 Å². The predicted molar refractivity (Wildman–Crippen MR) is 182 cm³/mol. The number of pyridine rings is 1. The maximum absolute atomic E-state index is 15.4. The number of fused-ring (bicyclic) bond motifs is 2. The van der Waals surface area contributed by atoms with E-state index in [1.165, 1.54) is 12.3 Å². The summed E-state index contributed by atoms with van der Waals surface area (Å²) in [4.78, 5) is 39.9. The molecule has 4 atom stereocenters. The van der Waals surface area contributed by atoms with Gasteiger partial charge in [0.2, 0.25) is 0 Å². The van der Waals surface area contributed by atoms with Crippen molar-refractivity contribution in [1.29, 1.82) is 0 Å². The number of anilines is 1. The van der Waals surface area contributed by atoms with Gasteiger partial charge in [-0.05, 0) is 60.8 Å². The molecule has 3 aromatic heterocycles. The smallest absolute Gasteiger partial charge is 0.407 e. The van der Waals surface area contributed by atoms with Crippen molar-refractivity contribution in [2.75, 3.05) is 31.1 Å². The Hall–Kier alpha value is -4.81. The van der Waals surface area contributed by atoms with Crippen LogP contribution in [0.1, 0.15) is 43.0 Å². The van der Waals surface area contributed by atoms with Crippen LogP contribution in [0.2, 0.25) is 5.02 Å². The van der Waals surface area contributed by atoms with Gasteiger partial charge in [-0.3, -0.25) is 4.79 Å². The normalized spacial score (nSPS) is 23.2. The first-order valence-electron chi connectivity index (χ1n) is 16.6. The van der Waals surface area contributed by atoms with Crippen molar-refractivity contribution in [2.24, 2.45) is 11.8 Å². The fourth-order valence-corrected chi connectivity index (χ4v) is 7.97. The van der Waals surface area contributed by atoms with Gasteiger partial charge in [-0.1, -0.05) is 60.1 Å². The third-order valence-electron chi connectivity index (χ3n) is 10.2. The molecule has 252 valence electrons. The molecular weight excluding hydrogens is 649 g/mol. The molecule has 1 unspecified atom stereocenters. The Morgan fingerprint density at radius 2 is 1.94 bits per heavy atom. The molecule has 3 fully saturated rings. The molecule has 11 nitrogen and oxygen atoms in total. The van der Waals surface area contributed by atoms with E-state index in [1.807, 2.05) is 42.5 Å². The third kappa shape index (κ3) is 5.72. The Kier molecular flexibility index (Phi) is 8.28. The lowest BCUT2D eigenvalue weighted by Gasteiger charge is -2.27. The summed E-state index contributed by atoms with van der Waals surface area (Å²) in [5.74, 6) is 0.599. The number of hydrogen-bond donors (Lipinski definition) is 2. The molecule has 2 N–H and O–H groups in total. The second-order valence-corrected chi connectivity index (χ2v) is 13.3. The summed E-state index contributed by atoms with van der Waals surface area (Å²) in [5, 5.41) is 7.84. The van der Waals surface area contributed by atoms with Crippen LogP contribution in [0.4, 0.5) is 15.0 Å². The molecule has 5 heterocycles. The molecule has 2 aliphatic heterocycles. The van der Waals surface area contributed by atoms with E-state index in [-0.39, 0.29) is 42.1 Å². The molecule has 0 spiro atoms. The number of piperidine rings is 1. The van der Waals surface area contributed by atoms with Crippen molar-refractivity contribution in [1.82, 2.24) is 30.0 Å². The Morgan fingerprint density at radius 1 is 1.10 bits per heavy atom. The molecule has 13 heteroatoms. The van der Waals surface area contributed by atoms with Crippen LogP contribution in [-0.2, 0) is 21.5 Å². The number of halogens is 2. The fourth-order valence-electron chi connectivity index (χ4n) is 7.77. The van der Waals surface area contributed by atoms with Crippen LogP contribution in [0.5, 0.6) is 0 Å². The highest BCUT2D eigenvalue weighted by molar-refractivity contribution is 6.33. The van der Waals surface area contributed by atoms with E-state index in [4.69, 9.17) is 36.1 Å². The van der Waals surface area contributed by atoms with Gasteiger partial charge in [-0.25, -0.2) is 23.8 Å². The van der Waals surface area contributed by atoms with Crippen LogP contribution >= 0.6 is 11.6 Å². The van der Waals surface area contributed by atoms with Crippen molar-refractivity contribution >= 4 is 34.7 Å². The van der Waals surface area contributed by atoms with Gasteiger partial charge >= 0.3 is 6.09 Å². The zero-order chi connectivity index (χ0) is 33.5. The number of hydrogen-bond acceptors (Lipinski definition) is 8. The first kappa shape index (κ1) is 31.5. The lowest BCUT2D eigenvalue weighted by atomic mass is 9.90. The first-order chi connectivity index (χ1) is 23.9. The van der Waals surface area contributed by atoms with Crippen molar-refractivity contribution in [2.45, 2.75) is 43.9 Å². The average molecular weight is 684 g/mol. The Bertz CT molecular complexity index is 2070. The number of carbonyl (C=O) groups excluding carboxylic acids is 1. The summed E-state index contributed by atoms with van der Waals surface area (Å²) in [6, 6.07) is 18.0. The Morgan fingerprint density at radius 3 is 2.76 bits per heavy atom. The molecule has 8 rings (SSSR count). The Balaban J connectivity index is 1.08. The molecule has 1 aliphatic carbocycles. The highest BCUT2D eigenvalue weighted by Crippen LogP contribution is 2.63. The fraction of sp³-hybridized carbons (Fsp3) is 0.361. The number of alkyl carbamates (subject to hydrolysis) is 1. The van der Waals surface area contributed by atoms with Crippen molar-refractivity contribution < 1.29 is 18.7 Å². The van der Waals surface area contributed by atoms with Gasteiger partial charge in [-0.15, -0.1) is 0 Å². The summed E-state index contributed by atoms with van der Waals surface area (Å²) in [5.41, 5.74) is 2.47. The molecular formula is C36H35ClFN7O4. The monoisotopic (exact) mass is 683 g/mol. The van der Waals surface area contributed by atoms with Crippen LogP contribution in [0.15, 0.2) is 77.9 Å². The maximum Gasteiger partial charge on any atom is 0.407 e. The minimum Gasteiger partial charge on any atom is -0.445 e. The maximum atomic E-state index is 15.4. The number of aromatic nitrogens is 5. The zero-order valence-electron chi connectivity index (χ0n) is 26.6. The van der Waals surface area contributed by atoms with Gasteiger partial charge in [-0.2, -0.15) is 5.10 Å². The second kappa shape index (κ2) is 12.9. The number of rotatable bonds is 8. The number of ether oxygens (including phenoxy) is 2. The highest BCUT2D eigenvalue weighted by atomic mass is 35.5. The minimum atomic E-state index is -0.592. The topological polar surface area (TPSA) is 127 Å². The predicted octanol–water partition coefficient (Wildman–Crippen LogP) is 5.99. The first-order valence-corrected chi connectivity index (χ1v) is 17.0. The largest absolute Gasteiger partial charge is 0.445 e. The number of carbonyl (C=O) groups is 1. The van der Waals surface area contributed by atoms with Gasteiger partial charge in [0.05, 0.1) is 6.20 Å². The van der Waals surface area contributed by atoms with E-state index in [2.05, 4.69) is 15.2 Å². The molecule has 1 saturated carbocycles. The Labute approximate surface area is 286 Å². The standard InChI is InChI=1S/C36H35ClFN7O4/c37-30-23(13-15-39-34(30)46)31-32-33(45(43-31)29-12-6-7-17-48-29)42-28(18-40-32)44-16-14-24-26(19-44)36(24,25-10-4-5-11-27(25)38)21-41-35(47)49-20-22-8-2-1-3-9-22/h1-5,8-11,13,15,18,24,26,29H,6-7,12,14,16-17,19-21H2,(H,39,46)(H,41,47)/t24-,26+,29?,36-/m1/s1. The van der Waals surface area contributed by atoms with Gasteiger partial charge in [0, 0.05) is 43.4 Å². The second-order valence-electron chi connectivity index (χ2n) is 12.9. The minimum absolute atomic E-state index is 0.0299. The summed E-state index contributed by atoms with van der Waals surface area (Å²) in [7, 11) is 0. The van der Waals surface area contributed by atoms with E-state index in [1.54, 1.807) is 23.0 Å². The average Bonchev–Trinajstić information content (AvgIpc) is 3.63. The molecule has 1 amide bonds. The third-order valence-corrected chi connectivity index (χ3v) is 10.6. The van der Waals surface area contributed by atoms with E-state index in [9.17, 15) is 9.59 Å². The van der Waals surface area contributed by atoms with E-state index < -0.39 is 17.1 Å². The number of aromatic amines is 1. The number of benzene rings is 2. The molecule has 2 aromatic carbocycles. The van der Waals surface area contributed by atoms with Crippen LogP contribution in [0.25, 0.3) is 22.4 Å². The van der Waals surface area contributed by atoms with Crippen LogP contribution < -0.4 is 15.8 Å². The lowest BCUT2D eigenvalue weighted by molar-refractivity contribution is -0.0368. The van der Waals surface area contributed by atoms with Gasteiger partial charge in [0.1, 0.15) is 34.5 Å². The molecule has 3 aliphatic rings. The number of amides is 1. The van der Waals surface area contributed by atoms with Crippen LogP contribution in [0, 0.1) is 17.7 Å². The summed E-state index contributed by atoms with van der Waals surface area (Å²) in [6.45, 7) is 2.29. The van der Waals surface area contributed by atoms with Gasteiger partial charge in [0.15, 0.2) is 11.9 Å². The quantitative estimate of drug-likeness (QED) is 0.204. The van der Waals surface area contributed by atoms with Gasteiger partial charge in [0.25, 0.3) is 5.56 Å². The molecule has 0 radical (unpaired) electrons. The summed E-state index contributed by atoms with van der Waals surface area (Å²) < 4.78 is 28.8. The van der Waals surface area contributed by atoms with E-state index in [0.717, 1.165) is 31.2 Å². The highest BCUT2D eigenvalue weighted by Gasteiger charge is 2.67. The molecule has 0 bridgehead atoms. The number of H-pyrrole nitrogens is 1. The number of nitrogens with zero attached hydrogens (tertiary/aromatic N) is 5. The zero-order valence-corrected chi connectivity index (χ0v) is 27.4. The molecule has 5 aromatic rings. The van der Waals surface area contributed by atoms with Crippen molar-refractivity contribution in [3.05, 3.63) is 105 Å². The van der Waals surface area contributed by atoms with Crippen LogP contribution in [-0.4, -0.2) is 57.1 Å². The summed E-state index contributed by atoms with van der Waals surface area (Å²) in [6.07, 6.45) is 5.89. The SMILES string of the molecule is O=C(NC[C@]1(c2ccccc2F)[C@@H]2CCN(c3cnc4c(-c5cc[nH]c(=O)c5Cl)nn(C5CCCCO5)c4n3)C[C@@H]21)OCc1ccccc1. The van der Waals surface area contributed by atoms with Crippen molar-refractivity contribution in [3.63, 3.8) is 0 Å². The molecule has 49 heavy (non-hydrogen) atoms. The van der Waals surface area contributed by atoms with E-state index in [0.29, 0.717) is 53.5 Å². The van der Waals surface area contributed by atoms with Gasteiger partial charge < -0.3 is 24.7 Å². The lowest BCUT2D eigenvalue weighted by Crippen LogP contribution is -2.36. The number of nitrogens with one attached hydrogen (secondary N) is 2. The van der Waals surface area contributed by atoms with Crippen molar-refractivity contribution in [3.8, 4) is 11.3 Å². The van der Waals surface area contributed by atoms with Crippen LogP contribution in [0.3, 0.4) is 0 Å². The summed E-state index contributed by atoms with van der Waals surface area (Å²) >= 11 is 6.43. The molecule has 2 saturated heterocycles.